The highest BCUT2D eigenvalue weighted by molar-refractivity contribution is 7.13. The molecule has 104 valence electrons. The number of aldehydes is 1. The van der Waals surface area contributed by atoms with Crippen molar-refractivity contribution in [2.75, 3.05) is 0 Å². The van der Waals surface area contributed by atoms with Crippen molar-refractivity contribution in [1.29, 1.82) is 0 Å². The van der Waals surface area contributed by atoms with Gasteiger partial charge in [-0.15, -0.1) is 11.3 Å². The number of hydrogen-bond acceptors (Lipinski definition) is 4. The fraction of sp³-hybridized carbons (Fsp3) is 0.312. The molecule has 0 amide bonds. The number of aromatic nitrogens is 1. The van der Waals surface area contributed by atoms with Gasteiger partial charge in [0.2, 0.25) is 0 Å². The Hall–Kier alpha value is -1.81. The predicted octanol–water partition coefficient (Wildman–Crippen LogP) is 4.82. The van der Waals surface area contributed by atoms with Crippen LogP contribution in [-0.2, 0) is 0 Å². The Bertz CT molecular complexity index is 630. The molecule has 0 aliphatic carbocycles. The summed E-state index contributed by atoms with van der Waals surface area (Å²) in [6.07, 6.45) is 4.68. The standard InChI is InChI=1S/C16H18N2OS/c1-4-5-11(2)18-15-9-13(10-19)8-14(12(15)3)16-17-6-7-20-16/h6-10H,4-5H2,1-3H3/b18-11-. The molecule has 2 rings (SSSR count). The van der Waals surface area contributed by atoms with Crippen molar-refractivity contribution in [2.24, 2.45) is 4.99 Å². The van der Waals surface area contributed by atoms with Gasteiger partial charge in [0.05, 0.1) is 5.69 Å². The zero-order valence-electron chi connectivity index (χ0n) is 12.0. The zero-order chi connectivity index (χ0) is 14.5. The maximum absolute atomic E-state index is 11.1. The molecule has 0 saturated heterocycles. The lowest BCUT2D eigenvalue weighted by Crippen LogP contribution is -1.92. The topological polar surface area (TPSA) is 42.3 Å². The lowest BCUT2D eigenvalue weighted by molar-refractivity contribution is 0.112. The summed E-state index contributed by atoms with van der Waals surface area (Å²) < 4.78 is 0. The smallest absolute Gasteiger partial charge is 0.150 e. The molecule has 0 atom stereocenters. The second-order valence-electron chi connectivity index (χ2n) is 4.76. The van der Waals surface area contributed by atoms with E-state index in [0.29, 0.717) is 5.56 Å². The van der Waals surface area contributed by atoms with Crippen LogP contribution in [-0.4, -0.2) is 17.0 Å². The molecule has 20 heavy (non-hydrogen) atoms. The molecule has 1 aromatic heterocycles. The highest BCUT2D eigenvalue weighted by Crippen LogP contribution is 2.33. The second-order valence-corrected chi connectivity index (χ2v) is 5.66. The van der Waals surface area contributed by atoms with Crippen molar-refractivity contribution in [2.45, 2.75) is 33.6 Å². The van der Waals surface area contributed by atoms with Gasteiger partial charge in [-0.1, -0.05) is 13.3 Å². The van der Waals surface area contributed by atoms with Gasteiger partial charge in [0.25, 0.3) is 0 Å². The predicted molar refractivity (Wildman–Crippen MR) is 85.4 cm³/mol. The van der Waals surface area contributed by atoms with E-state index < -0.39 is 0 Å². The molecule has 0 aliphatic rings. The zero-order valence-corrected chi connectivity index (χ0v) is 12.8. The molecule has 1 aromatic carbocycles. The van der Waals surface area contributed by atoms with E-state index in [9.17, 15) is 4.79 Å². The van der Waals surface area contributed by atoms with E-state index >= 15 is 0 Å². The maximum Gasteiger partial charge on any atom is 0.150 e. The third kappa shape index (κ3) is 3.20. The summed E-state index contributed by atoms with van der Waals surface area (Å²) in [5, 5.41) is 2.86. The van der Waals surface area contributed by atoms with E-state index in [1.807, 2.05) is 31.4 Å². The van der Waals surface area contributed by atoms with Gasteiger partial charge in [-0.3, -0.25) is 9.79 Å². The van der Waals surface area contributed by atoms with Crippen molar-refractivity contribution in [3.8, 4) is 10.6 Å². The Morgan fingerprint density at radius 2 is 2.25 bits per heavy atom. The summed E-state index contributed by atoms with van der Waals surface area (Å²) in [6.45, 7) is 6.19. The normalized spacial score (nSPS) is 11.7. The van der Waals surface area contributed by atoms with Gasteiger partial charge in [-0.25, -0.2) is 4.98 Å². The highest BCUT2D eigenvalue weighted by Gasteiger charge is 2.11. The number of carbonyl (C=O) groups excluding carboxylic acids is 1. The fourth-order valence-corrected chi connectivity index (χ4v) is 2.82. The van der Waals surface area contributed by atoms with E-state index in [1.54, 1.807) is 17.5 Å². The number of carbonyl (C=O) groups is 1. The summed E-state index contributed by atoms with van der Waals surface area (Å²) >= 11 is 1.57. The summed E-state index contributed by atoms with van der Waals surface area (Å²) in [5.41, 5.74) is 4.66. The monoisotopic (exact) mass is 286 g/mol. The summed E-state index contributed by atoms with van der Waals surface area (Å²) in [4.78, 5) is 20.1. The third-order valence-corrected chi connectivity index (χ3v) is 3.93. The Balaban J connectivity index is 2.55. The number of nitrogens with zero attached hydrogens (tertiary/aromatic N) is 2. The van der Waals surface area contributed by atoms with Crippen molar-refractivity contribution in [3.05, 3.63) is 34.8 Å². The first kappa shape index (κ1) is 14.6. The van der Waals surface area contributed by atoms with Crippen molar-refractivity contribution >= 4 is 29.0 Å². The lowest BCUT2D eigenvalue weighted by atomic mass is 10.0. The first-order valence-electron chi connectivity index (χ1n) is 6.69. The molecule has 4 heteroatoms. The summed E-state index contributed by atoms with van der Waals surface area (Å²) in [6, 6.07) is 3.73. The molecule has 0 radical (unpaired) electrons. The minimum Gasteiger partial charge on any atom is -0.298 e. The van der Waals surface area contributed by atoms with Crippen LogP contribution in [0.15, 0.2) is 28.7 Å². The van der Waals surface area contributed by atoms with Gasteiger partial charge in [0.1, 0.15) is 11.3 Å². The molecule has 1 heterocycles. The van der Waals surface area contributed by atoms with Crippen LogP contribution < -0.4 is 0 Å². The first-order valence-corrected chi connectivity index (χ1v) is 7.57. The van der Waals surface area contributed by atoms with Gasteiger partial charge in [-0.2, -0.15) is 0 Å². The van der Waals surface area contributed by atoms with Crippen LogP contribution in [0, 0.1) is 6.92 Å². The Morgan fingerprint density at radius 3 is 2.85 bits per heavy atom. The molecule has 0 spiro atoms. The number of benzene rings is 1. The van der Waals surface area contributed by atoms with Crippen LogP contribution >= 0.6 is 11.3 Å². The van der Waals surface area contributed by atoms with Crippen LogP contribution in [0.5, 0.6) is 0 Å². The van der Waals surface area contributed by atoms with E-state index in [-0.39, 0.29) is 0 Å². The molecule has 0 unspecified atom stereocenters. The molecule has 0 saturated carbocycles. The van der Waals surface area contributed by atoms with Crippen LogP contribution in [0.3, 0.4) is 0 Å². The molecule has 0 bridgehead atoms. The molecule has 0 aliphatic heterocycles. The summed E-state index contributed by atoms with van der Waals surface area (Å²) in [7, 11) is 0. The van der Waals surface area contributed by atoms with Crippen LogP contribution in [0.25, 0.3) is 10.6 Å². The number of hydrogen-bond donors (Lipinski definition) is 0. The van der Waals surface area contributed by atoms with Gasteiger partial charge in [0, 0.05) is 28.4 Å². The Kier molecular flexibility index (Phi) is 4.79. The molecular weight excluding hydrogens is 268 g/mol. The van der Waals surface area contributed by atoms with Crippen molar-refractivity contribution in [3.63, 3.8) is 0 Å². The van der Waals surface area contributed by atoms with Gasteiger partial charge in [0.15, 0.2) is 0 Å². The Morgan fingerprint density at radius 1 is 1.45 bits per heavy atom. The van der Waals surface area contributed by atoms with E-state index in [2.05, 4.69) is 16.9 Å². The number of aliphatic imine (C=N–C) groups is 1. The van der Waals surface area contributed by atoms with E-state index in [0.717, 1.165) is 46.7 Å². The van der Waals surface area contributed by atoms with E-state index in [1.165, 1.54) is 0 Å². The van der Waals surface area contributed by atoms with Crippen LogP contribution in [0.2, 0.25) is 0 Å². The van der Waals surface area contributed by atoms with Gasteiger partial charge >= 0.3 is 0 Å². The van der Waals surface area contributed by atoms with Crippen molar-refractivity contribution < 1.29 is 4.79 Å². The van der Waals surface area contributed by atoms with Crippen LogP contribution in [0.4, 0.5) is 5.69 Å². The average molecular weight is 286 g/mol. The molecular formula is C16H18N2OS. The second kappa shape index (κ2) is 6.57. The largest absolute Gasteiger partial charge is 0.298 e. The third-order valence-electron chi connectivity index (χ3n) is 3.12. The van der Waals surface area contributed by atoms with Crippen molar-refractivity contribution in [1.82, 2.24) is 4.98 Å². The molecule has 2 aromatic rings. The minimum atomic E-state index is 0.642. The fourth-order valence-electron chi connectivity index (χ4n) is 2.11. The van der Waals surface area contributed by atoms with E-state index in [4.69, 9.17) is 0 Å². The number of rotatable bonds is 5. The average Bonchev–Trinajstić information content (AvgIpc) is 2.95. The van der Waals surface area contributed by atoms with Gasteiger partial charge < -0.3 is 0 Å². The SMILES string of the molecule is CCC/C(C)=N\c1cc(C=O)cc(-c2nccs2)c1C. The molecule has 0 N–H and O–H groups in total. The molecule has 0 fully saturated rings. The van der Waals surface area contributed by atoms with Crippen LogP contribution in [0.1, 0.15) is 42.6 Å². The quantitative estimate of drug-likeness (QED) is 0.584. The van der Waals surface area contributed by atoms with Gasteiger partial charge in [-0.05, 0) is 38.0 Å². The number of thiazole rings is 1. The molecule has 3 nitrogen and oxygen atoms in total. The minimum absolute atomic E-state index is 0.642. The summed E-state index contributed by atoms with van der Waals surface area (Å²) in [5.74, 6) is 0. The maximum atomic E-state index is 11.1. The highest BCUT2D eigenvalue weighted by atomic mass is 32.1. The lowest BCUT2D eigenvalue weighted by Gasteiger charge is -2.09. The Labute approximate surface area is 123 Å². The first-order chi connectivity index (χ1) is 9.65.